The summed E-state index contributed by atoms with van der Waals surface area (Å²) < 4.78 is 12.9. The van der Waals surface area contributed by atoms with Crippen LogP contribution in [-0.4, -0.2) is 11.1 Å². The SMILES string of the molecule is O=C(O)C[C@@H]1CCc2ccc(F)cc21. The van der Waals surface area contributed by atoms with Crippen LogP contribution in [0.15, 0.2) is 18.2 Å². The van der Waals surface area contributed by atoms with Gasteiger partial charge in [0, 0.05) is 0 Å². The topological polar surface area (TPSA) is 37.3 Å². The van der Waals surface area contributed by atoms with Gasteiger partial charge in [-0.3, -0.25) is 4.79 Å². The number of aliphatic carboxylic acids is 1. The number of carboxylic acid groups (broad SMARTS) is 1. The molecule has 0 fully saturated rings. The average molecular weight is 194 g/mol. The van der Waals surface area contributed by atoms with Gasteiger partial charge < -0.3 is 5.11 Å². The molecule has 3 heteroatoms. The first-order valence-corrected chi connectivity index (χ1v) is 4.67. The fraction of sp³-hybridized carbons (Fsp3) is 0.364. The van der Waals surface area contributed by atoms with Gasteiger partial charge in [-0.15, -0.1) is 0 Å². The molecular formula is C11H11FO2. The van der Waals surface area contributed by atoms with Crippen molar-refractivity contribution in [3.8, 4) is 0 Å². The second kappa shape index (κ2) is 3.40. The van der Waals surface area contributed by atoms with Crippen LogP contribution in [0.2, 0.25) is 0 Å². The van der Waals surface area contributed by atoms with E-state index in [1.54, 1.807) is 6.07 Å². The molecule has 2 rings (SSSR count). The molecule has 1 aromatic rings. The zero-order valence-corrected chi connectivity index (χ0v) is 7.66. The van der Waals surface area contributed by atoms with E-state index in [4.69, 9.17) is 5.11 Å². The molecule has 1 aromatic carbocycles. The van der Waals surface area contributed by atoms with Crippen LogP contribution in [0.25, 0.3) is 0 Å². The van der Waals surface area contributed by atoms with E-state index in [1.165, 1.54) is 12.1 Å². The maximum Gasteiger partial charge on any atom is 0.303 e. The molecule has 1 aliphatic carbocycles. The number of benzene rings is 1. The van der Waals surface area contributed by atoms with Gasteiger partial charge in [0.25, 0.3) is 0 Å². The lowest BCUT2D eigenvalue weighted by Gasteiger charge is -2.07. The highest BCUT2D eigenvalue weighted by molar-refractivity contribution is 5.68. The first-order valence-electron chi connectivity index (χ1n) is 4.67. The molecule has 1 aliphatic rings. The maximum atomic E-state index is 12.9. The Morgan fingerprint density at radius 3 is 3.07 bits per heavy atom. The van der Waals surface area contributed by atoms with Crippen LogP contribution in [0.4, 0.5) is 4.39 Å². The summed E-state index contributed by atoms with van der Waals surface area (Å²) in [4.78, 5) is 10.6. The van der Waals surface area contributed by atoms with Crippen molar-refractivity contribution in [1.29, 1.82) is 0 Å². The van der Waals surface area contributed by atoms with Crippen molar-refractivity contribution < 1.29 is 14.3 Å². The van der Waals surface area contributed by atoms with Crippen molar-refractivity contribution in [1.82, 2.24) is 0 Å². The van der Waals surface area contributed by atoms with Crippen LogP contribution in [0.3, 0.4) is 0 Å². The van der Waals surface area contributed by atoms with Gasteiger partial charge in [0.05, 0.1) is 6.42 Å². The smallest absolute Gasteiger partial charge is 0.303 e. The summed E-state index contributed by atoms with van der Waals surface area (Å²) in [6, 6.07) is 4.66. The van der Waals surface area contributed by atoms with Gasteiger partial charge in [-0.1, -0.05) is 6.07 Å². The van der Waals surface area contributed by atoms with E-state index in [9.17, 15) is 9.18 Å². The summed E-state index contributed by atoms with van der Waals surface area (Å²) in [5, 5.41) is 8.68. The third-order valence-corrected chi connectivity index (χ3v) is 2.73. The summed E-state index contributed by atoms with van der Waals surface area (Å²) in [5.74, 6) is -1.09. The molecule has 14 heavy (non-hydrogen) atoms. The minimum absolute atomic E-state index is 0.00167. The van der Waals surface area contributed by atoms with Gasteiger partial charge in [-0.05, 0) is 42.0 Å². The Balaban J connectivity index is 2.28. The Kier molecular flexibility index (Phi) is 2.23. The van der Waals surface area contributed by atoms with Gasteiger partial charge in [0.1, 0.15) is 5.82 Å². The van der Waals surface area contributed by atoms with E-state index >= 15 is 0 Å². The number of rotatable bonds is 2. The fourth-order valence-electron chi connectivity index (χ4n) is 2.08. The van der Waals surface area contributed by atoms with E-state index in [0.29, 0.717) is 0 Å². The maximum absolute atomic E-state index is 12.9. The van der Waals surface area contributed by atoms with Crippen LogP contribution >= 0.6 is 0 Å². The Morgan fingerprint density at radius 1 is 1.57 bits per heavy atom. The lowest BCUT2D eigenvalue weighted by atomic mass is 9.98. The molecule has 0 bridgehead atoms. The molecule has 0 aliphatic heterocycles. The third-order valence-electron chi connectivity index (χ3n) is 2.73. The molecule has 0 heterocycles. The average Bonchev–Trinajstić information content (AvgIpc) is 2.47. The minimum Gasteiger partial charge on any atom is -0.481 e. The summed E-state index contributed by atoms with van der Waals surface area (Å²) in [7, 11) is 0. The zero-order valence-electron chi connectivity index (χ0n) is 7.66. The second-order valence-corrected chi connectivity index (χ2v) is 3.68. The highest BCUT2D eigenvalue weighted by Crippen LogP contribution is 2.35. The van der Waals surface area contributed by atoms with Crippen molar-refractivity contribution in [3.63, 3.8) is 0 Å². The molecular weight excluding hydrogens is 183 g/mol. The first kappa shape index (κ1) is 9.19. The van der Waals surface area contributed by atoms with E-state index in [2.05, 4.69) is 0 Å². The van der Waals surface area contributed by atoms with Crippen molar-refractivity contribution in [3.05, 3.63) is 35.1 Å². The number of halogens is 1. The molecule has 1 N–H and O–H groups in total. The fourth-order valence-corrected chi connectivity index (χ4v) is 2.08. The number of carboxylic acids is 1. The Bertz CT molecular complexity index is 374. The molecule has 0 saturated carbocycles. The van der Waals surface area contributed by atoms with Crippen LogP contribution in [0.1, 0.15) is 29.9 Å². The molecule has 0 aromatic heterocycles. The summed E-state index contributed by atoms with van der Waals surface area (Å²) in [6.45, 7) is 0. The second-order valence-electron chi connectivity index (χ2n) is 3.68. The van der Waals surface area contributed by atoms with Crippen molar-refractivity contribution in [2.24, 2.45) is 0 Å². The molecule has 1 atom stereocenters. The normalized spacial score (nSPS) is 19.4. The van der Waals surface area contributed by atoms with E-state index in [1.807, 2.05) is 0 Å². The molecule has 0 saturated heterocycles. The predicted molar refractivity (Wildman–Crippen MR) is 49.7 cm³/mol. The largest absolute Gasteiger partial charge is 0.481 e. The van der Waals surface area contributed by atoms with Crippen LogP contribution in [-0.2, 0) is 11.2 Å². The van der Waals surface area contributed by atoms with Crippen molar-refractivity contribution >= 4 is 5.97 Å². The monoisotopic (exact) mass is 194 g/mol. The molecule has 0 amide bonds. The van der Waals surface area contributed by atoms with Gasteiger partial charge in [0.2, 0.25) is 0 Å². The van der Waals surface area contributed by atoms with Crippen molar-refractivity contribution in [2.75, 3.05) is 0 Å². The number of carbonyl (C=O) groups is 1. The summed E-state index contributed by atoms with van der Waals surface area (Å²) in [5.41, 5.74) is 1.98. The molecule has 0 spiro atoms. The summed E-state index contributed by atoms with van der Waals surface area (Å²) >= 11 is 0. The van der Waals surface area contributed by atoms with E-state index in [-0.39, 0.29) is 18.2 Å². The zero-order chi connectivity index (χ0) is 10.1. The molecule has 2 nitrogen and oxygen atoms in total. The minimum atomic E-state index is -0.813. The van der Waals surface area contributed by atoms with Crippen LogP contribution < -0.4 is 0 Å². The van der Waals surface area contributed by atoms with Crippen LogP contribution in [0, 0.1) is 5.82 Å². The number of hydrogen-bond acceptors (Lipinski definition) is 1. The Morgan fingerprint density at radius 2 is 2.36 bits per heavy atom. The number of aryl methyl sites for hydroxylation is 1. The Labute approximate surface area is 81.4 Å². The van der Waals surface area contributed by atoms with E-state index in [0.717, 1.165) is 24.0 Å². The predicted octanol–water partition coefficient (Wildman–Crippen LogP) is 2.33. The van der Waals surface area contributed by atoms with Gasteiger partial charge >= 0.3 is 5.97 Å². The van der Waals surface area contributed by atoms with Crippen molar-refractivity contribution in [2.45, 2.75) is 25.2 Å². The number of fused-ring (bicyclic) bond motifs is 1. The van der Waals surface area contributed by atoms with Gasteiger partial charge in [0.15, 0.2) is 0 Å². The lowest BCUT2D eigenvalue weighted by Crippen LogP contribution is -2.03. The first-order chi connectivity index (χ1) is 6.66. The van der Waals surface area contributed by atoms with Gasteiger partial charge in [-0.25, -0.2) is 4.39 Å². The third kappa shape index (κ3) is 1.62. The van der Waals surface area contributed by atoms with E-state index < -0.39 is 5.97 Å². The standard InChI is InChI=1S/C11H11FO2/c12-9-4-3-7-1-2-8(5-11(13)14)10(7)6-9/h3-4,6,8H,1-2,5H2,(H,13,14)/t8-/m0/s1. The lowest BCUT2D eigenvalue weighted by molar-refractivity contribution is -0.137. The van der Waals surface area contributed by atoms with Gasteiger partial charge in [-0.2, -0.15) is 0 Å². The molecule has 74 valence electrons. The highest BCUT2D eigenvalue weighted by Gasteiger charge is 2.24. The number of hydrogen-bond donors (Lipinski definition) is 1. The molecule has 0 unspecified atom stereocenters. The molecule has 0 radical (unpaired) electrons. The summed E-state index contributed by atoms with van der Waals surface area (Å²) in [6.07, 6.45) is 1.80. The highest BCUT2D eigenvalue weighted by atomic mass is 19.1. The quantitative estimate of drug-likeness (QED) is 0.784. The Hall–Kier alpha value is -1.38. The van der Waals surface area contributed by atoms with Crippen LogP contribution in [0.5, 0.6) is 0 Å².